The smallest absolute Gasteiger partial charge is 0.251 e. The first kappa shape index (κ1) is 17.6. The average molecular weight is 360 g/mol. The SMILES string of the molecule is COc1cc(C(=O)NCC(C)CCBr)cc(OC)c1OC. The van der Waals surface area contributed by atoms with Gasteiger partial charge in [0.25, 0.3) is 5.91 Å². The molecule has 0 heterocycles. The summed E-state index contributed by atoms with van der Waals surface area (Å²) < 4.78 is 15.7. The van der Waals surface area contributed by atoms with Crippen LogP contribution in [0.1, 0.15) is 23.7 Å². The first-order valence-electron chi connectivity index (χ1n) is 6.71. The van der Waals surface area contributed by atoms with Crippen LogP contribution in [0.2, 0.25) is 0 Å². The Morgan fingerprint density at radius 2 is 1.76 bits per heavy atom. The van der Waals surface area contributed by atoms with Gasteiger partial charge in [0, 0.05) is 17.4 Å². The second-order valence-electron chi connectivity index (χ2n) is 4.71. The van der Waals surface area contributed by atoms with E-state index < -0.39 is 0 Å². The van der Waals surface area contributed by atoms with Crippen molar-refractivity contribution in [3.8, 4) is 17.2 Å². The van der Waals surface area contributed by atoms with Crippen LogP contribution in [0.4, 0.5) is 0 Å². The zero-order chi connectivity index (χ0) is 15.8. The maximum atomic E-state index is 12.2. The zero-order valence-electron chi connectivity index (χ0n) is 12.9. The molecule has 1 N–H and O–H groups in total. The molecule has 0 fully saturated rings. The molecule has 118 valence electrons. The number of hydrogen-bond donors (Lipinski definition) is 1. The average Bonchev–Trinajstić information content (AvgIpc) is 2.51. The fourth-order valence-corrected chi connectivity index (χ4v) is 2.65. The van der Waals surface area contributed by atoms with Crippen LogP contribution in [0.15, 0.2) is 12.1 Å². The topological polar surface area (TPSA) is 56.8 Å². The van der Waals surface area contributed by atoms with Crippen LogP contribution in [-0.2, 0) is 0 Å². The van der Waals surface area contributed by atoms with Crippen LogP contribution < -0.4 is 19.5 Å². The summed E-state index contributed by atoms with van der Waals surface area (Å²) >= 11 is 3.40. The maximum Gasteiger partial charge on any atom is 0.251 e. The van der Waals surface area contributed by atoms with Gasteiger partial charge in [-0.3, -0.25) is 4.79 Å². The van der Waals surface area contributed by atoms with Gasteiger partial charge in [-0.1, -0.05) is 22.9 Å². The highest BCUT2D eigenvalue weighted by Gasteiger charge is 2.17. The van der Waals surface area contributed by atoms with E-state index in [0.717, 1.165) is 11.8 Å². The predicted molar refractivity (Wildman–Crippen MR) is 86.0 cm³/mol. The number of amides is 1. The molecule has 1 aromatic rings. The van der Waals surface area contributed by atoms with Crippen LogP contribution in [0, 0.1) is 5.92 Å². The van der Waals surface area contributed by atoms with Gasteiger partial charge in [0.1, 0.15) is 0 Å². The number of hydrogen-bond acceptors (Lipinski definition) is 4. The summed E-state index contributed by atoms with van der Waals surface area (Å²) in [4.78, 5) is 12.2. The number of benzene rings is 1. The van der Waals surface area contributed by atoms with E-state index in [2.05, 4.69) is 28.2 Å². The van der Waals surface area contributed by atoms with E-state index in [0.29, 0.717) is 35.3 Å². The van der Waals surface area contributed by atoms with Crippen LogP contribution in [0.3, 0.4) is 0 Å². The summed E-state index contributed by atoms with van der Waals surface area (Å²) in [5.74, 6) is 1.67. The van der Waals surface area contributed by atoms with E-state index in [-0.39, 0.29) is 5.91 Å². The zero-order valence-corrected chi connectivity index (χ0v) is 14.5. The van der Waals surface area contributed by atoms with Crippen molar-refractivity contribution in [1.29, 1.82) is 0 Å². The summed E-state index contributed by atoms with van der Waals surface area (Å²) in [6.45, 7) is 2.72. The quantitative estimate of drug-likeness (QED) is 0.725. The lowest BCUT2D eigenvalue weighted by Crippen LogP contribution is -2.28. The minimum absolute atomic E-state index is 0.157. The Labute approximate surface area is 134 Å². The van der Waals surface area contributed by atoms with Gasteiger partial charge in [0.15, 0.2) is 11.5 Å². The number of nitrogens with one attached hydrogen (secondary N) is 1. The van der Waals surface area contributed by atoms with Gasteiger partial charge in [-0.15, -0.1) is 0 Å². The number of carbonyl (C=O) groups excluding carboxylic acids is 1. The molecule has 5 nitrogen and oxygen atoms in total. The lowest BCUT2D eigenvalue weighted by Gasteiger charge is -2.15. The van der Waals surface area contributed by atoms with Crippen molar-refractivity contribution >= 4 is 21.8 Å². The molecule has 6 heteroatoms. The van der Waals surface area contributed by atoms with Crippen LogP contribution in [0.25, 0.3) is 0 Å². The Morgan fingerprint density at radius 1 is 1.19 bits per heavy atom. The molecule has 0 saturated carbocycles. The molecule has 0 radical (unpaired) electrons. The van der Waals surface area contributed by atoms with Gasteiger partial charge in [-0.25, -0.2) is 0 Å². The number of carbonyl (C=O) groups is 1. The molecule has 0 aliphatic rings. The van der Waals surface area contributed by atoms with Crippen LogP contribution >= 0.6 is 15.9 Å². The van der Waals surface area contributed by atoms with E-state index >= 15 is 0 Å². The molecule has 0 saturated heterocycles. The molecule has 0 spiro atoms. The Kier molecular flexibility index (Phi) is 7.36. The second-order valence-corrected chi connectivity index (χ2v) is 5.50. The number of methoxy groups -OCH3 is 3. The molecular weight excluding hydrogens is 338 g/mol. The lowest BCUT2D eigenvalue weighted by molar-refractivity contribution is 0.0947. The molecule has 0 aromatic heterocycles. The van der Waals surface area contributed by atoms with Crippen molar-refractivity contribution < 1.29 is 19.0 Å². The van der Waals surface area contributed by atoms with Crippen molar-refractivity contribution in [2.24, 2.45) is 5.92 Å². The third kappa shape index (κ3) is 4.81. The van der Waals surface area contributed by atoms with E-state index in [1.807, 2.05) is 0 Å². The summed E-state index contributed by atoms with van der Waals surface area (Å²) in [7, 11) is 4.58. The molecular formula is C15H22BrNO4. The highest BCUT2D eigenvalue weighted by atomic mass is 79.9. The minimum Gasteiger partial charge on any atom is -0.493 e. The monoisotopic (exact) mass is 359 g/mol. The third-order valence-corrected chi connectivity index (χ3v) is 3.60. The fraction of sp³-hybridized carbons (Fsp3) is 0.533. The summed E-state index contributed by atoms with van der Waals surface area (Å²) in [5.41, 5.74) is 0.482. The third-order valence-electron chi connectivity index (χ3n) is 3.14. The van der Waals surface area contributed by atoms with Crippen molar-refractivity contribution in [2.75, 3.05) is 33.2 Å². The number of rotatable bonds is 8. The van der Waals surface area contributed by atoms with E-state index in [9.17, 15) is 4.79 Å². The number of ether oxygens (including phenoxy) is 3. The van der Waals surface area contributed by atoms with E-state index in [4.69, 9.17) is 14.2 Å². The normalized spacial score (nSPS) is 11.7. The Hall–Kier alpha value is -1.43. The maximum absolute atomic E-state index is 12.2. The molecule has 21 heavy (non-hydrogen) atoms. The largest absolute Gasteiger partial charge is 0.493 e. The fourth-order valence-electron chi connectivity index (χ4n) is 1.87. The molecule has 0 bridgehead atoms. The first-order valence-corrected chi connectivity index (χ1v) is 7.83. The lowest BCUT2D eigenvalue weighted by atomic mass is 10.1. The van der Waals surface area contributed by atoms with Gasteiger partial charge in [0.05, 0.1) is 21.3 Å². The van der Waals surface area contributed by atoms with Gasteiger partial charge in [-0.2, -0.15) is 0 Å². The highest BCUT2D eigenvalue weighted by Crippen LogP contribution is 2.38. The van der Waals surface area contributed by atoms with Crippen molar-refractivity contribution in [3.63, 3.8) is 0 Å². The Bertz CT molecular complexity index is 454. The summed E-state index contributed by atoms with van der Waals surface area (Å²) in [6, 6.07) is 3.29. The van der Waals surface area contributed by atoms with E-state index in [1.165, 1.54) is 21.3 Å². The Morgan fingerprint density at radius 3 is 2.19 bits per heavy atom. The second kappa shape index (κ2) is 8.77. The first-order chi connectivity index (χ1) is 10.1. The van der Waals surface area contributed by atoms with Gasteiger partial charge in [0.2, 0.25) is 5.75 Å². The van der Waals surface area contributed by atoms with Crippen molar-refractivity contribution in [1.82, 2.24) is 5.32 Å². The summed E-state index contributed by atoms with van der Waals surface area (Å²) in [6.07, 6.45) is 1.01. The Balaban J connectivity index is 2.89. The van der Waals surface area contributed by atoms with Crippen LogP contribution in [-0.4, -0.2) is 39.1 Å². The molecule has 0 aliphatic carbocycles. The van der Waals surface area contributed by atoms with E-state index in [1.54, 1.807) is 12.1 Å². The molecule has 1 amide bonds. The van der Waals surface area contributed by atoms with Crippen molar-refractivity contribution in [2.45, 2.75) is 13.3 Å². The molecule has 0 aliphatic heterocycles. The predicted octanol–water partition coefficient (Wildman–Crippen LogP) is 2.86. The van der Waals surface area contributed by atoms with Crippen molar-refractivity contribution in [3.05, 3.63) is 17.7 Å². The number of halogens is 1. The standard InChI is InChI=1S/C15H22BrNO4/c1-10(5-6-16)9-17-15(18)11-7-12(19-2)14(21-4)13(8-11)20-3/h7-8,10H,5-6,9H2,1-4H3,(H,17,18). The molecule has 1 aromatic carbocycles. The number of alkyl halides is 1. The molecule has 1 rings (SSSR count). The highest BCUT2D eigenvalue weighted by molar-refractivity contribution is 9.09. The molecule has 1 unspecified atom stereocenters. The van der Waals surface area contributed by atoms with Gasteiger partial charge >= 0.3 is 0 Å². The summed E-state index contributed by atoms with van der Waals surface area (Å²) in [5, 5.41) is 3.84. The van der Waals surface area contributed by atoms with Gasteiger partial charge < -0.3 is 19.5 Å². The molecule has 1 atom stereocenters. The van der Waals surface area contributed by atoms with Crippen LogP contribution in [0.5, 0.6) is 17.2 Å². The minimum atomic E-state index is -0.157. The van der Waals surface area contributed by atoms with Gasteiger partial charge in [-0.05, 0) is 24.5 Å².